The highest BCUT2D eigenvalue weighted by Crippen LogP contribution is 2.68. The number of phenolic OH excluding ortho intramolecular Hbond substituents is 1. The molecule has 4 fully saturated rings. The van der Waals surface area contributed by atoms with Gasteiger partial charge >= 0.3 is 5.97 Å². The first-order valence-electron chi connectivity index (χ1n) is 9.52. The van der Waals surface area contributed by atoms with E-state index >= 15 is 0 Å². The molecule has 0 radical (unpaired) electrons. The van der Waals surface area contributed by atoms with E-state index in [4.69, 9.17) is 9.57 Å². The Morgan fingerprint density at radius 3 is 2.86 bits per heavy atom. The highest BCUT2D eigenvalue weighted by Gasteiger charge is 2.81. The summed E-state index contributed by atoms with van der Waals surface area (Å²) in [7, 11) is 1.22. The fraction of sp³-hybridized carbons (Fsp3) is 0.550. The Hall–Kier alpha value is -2.29. The molecule has 8 nitrogen and oxygen atoms in total. The molecule has 0 amide bonds. The number of methoxy groups -OCH3 is 1. The van der Waals surface area contributed by atoms with Gasteiger partial charge in [0.2, 0.25) is 5.60 Å². The lowest BCUT2D eigenvalue weighted by Crippen LogP contribution is -2.75. The first-order chi connectivity index (χ1) is 13.3. The maximum atomic E-state index is 13.0. The van der Waals surface area contributed by atoms with Gasteiger partial charge in [-0.2, -0.15) is 5.06 Å². The number of benzene rings is 1. The van der Waals surface area contributed by atoms with Gasteiger partial charge in [-0.1, -0.05) is 12.1 Å². The maximum absolute atomic E-state index is 13.0. The Bertz CT molecular complexity index is 1000. The largest absolute Gasteiger partial charge is 0.506 e. The van der Waals surface area contributed by atoms with Gasteiger partial charge in [-0.25, -0.2) is 9.79 Å². The topological polar surface area (TPSA) is 109 Å². The number of esters is 1. The zero-order chi connectivity index (χ0) is 19.6. The normalized spacial score (nSPS) is 44.2. The van der Waals surface area contributed by atoms with Crippen LogP contribution in [0.5, 0.6) is 5.75 Å². The lowest BCUT2D eigenvalue weighted by Gasteiger charge is -2.57. The summed E-state index contributed by atoms with van der Waals surface area (Å²) in [6.45, 7) is 1.44. The van der Waals surface area contributed by atoms with Crippen LogP contribution in [0.1, 0.15) is 31.7 Å². The molecule has 1 aromatic carbocycles. The molecule has 3 saturated heterocycles. The summed E-state index contributed by atoms with van der Waals surface area (Å²) in [4.78, 5) is 36.5. The molecule has 1 aromatic rings. The second-order valence-corrected chi connectivity index (χ2v) is 8.63. The van der Waals surface area contributed by atoms with Crippen LogP contribution in [-0.2, 0) is 24.6 Å². The molecular formula is C20H20N2O6. The van der Waals surface area contributed by atoms with Crippen molar-refractivity contribution in [2.45, 2.75) is 54.9 Å². The molecule has 8 heteroatoms. The first kappa shape index (κ1) is 16.6. The first-order valence-corrected chi connectivity index (χ1v) is 9.52. The summed E-state index contributed by atoms with van der Waals surface area (Å²) in [6, 6.07) is 5.00. The van der Waals surface area contributed by atoms with Crippen molar-refractivity contribution in [2.24, 2.45) is 10.9 Å². The number of ketones is 1. The number of hydrogen-bond donors (Lipinski definition) is 2. The molecular weight excluding hydrogens is 364 g/mol. The maximum Gasteiger partial charge on any atom is 0.344 e. The number of nitrogens with zero attached hydrogens (tertiary/aromatic N) is 2. The van der Waals surface area contributed by atoms with Gasteiger partial charge < -0.3 is 14.9 Å². The molecule has 5 aliphatic rings. The fourth-order valence-electron chi connectivity index (χ4n) is 6.71. The number of aliphatic imine (C=N–C) groups is 1. The van der Waals surface area contributed by atoms with E-state index < -0.39 is 28.5 Å². The van der Waals surface area contributed by atoms with E-state index in [2.05, 4.69) is 4.99 Å². The summed E-state index contributed by atoms with van der Waals surface area (Å²) >= 11 is 0. The van der Waals surface area contributed by atoms with Crippen LogP contribution in [0.4, 0.5) is 5.69 Å². The van der Waals surface area contributed by atoms with Crippen molar-refractivity contribution in [3.8, 4) is 5.75 Å². The molecule has 0 unspecified atom stereocenters. The van der Waals surface area contributed by atoms with E-state index in [9.17, 15) is 19.8 Å². The van der Waals surface area contributed by atoms with Crippen molar-refractivity contribution in [3.05, 3.63) is 23.8 Å². The lowest BCUT2D eigenvalue weighted by atomic mass is 9.51. The number of Topliss-reactive ketones (excluding diaryl/α,β-unsaturated/α-hetero) is 1. The van der Waals surface area contributed by atoms with Crippen molar-refractivity contribution in [2.75, 3.05) is 7.11 Å². The van der Waals surface area contributed by atoms with Crippen LogP contribution in [0.2, 0.25) is 0 Å². The van der Waals surface area contributed by atoms with Crippen LogP contribution < -0.4 is 0 Å². The average molecular weight is 384 g/mol. The Morgan fingerprint density at radius 1 is 1.36 bits per heavy atom. The zero-order valence-electron chi connectivity index (χ0n) is 15.5. The molecule has 6 atom stereocenters. The molecule has 1 spiro atoms. The molecule has 4 aliphatic heterocycles. The summed E-state index contributed by atoms with van der Waals surface area (Å²) in [5, 5.41) is 24.2. The lowest BCUT2D eigenvalue weighted by molar-refractivity contribution is -0.280. The van der Waals surface area contributed by atoms with Gasteiger partial charge in [0, 0.05) is 18.4 Å². The number of hydroxylamine groups is 2. The summed E-state index contributed by atoms with van der Waals surface area (Å²) < 4.78 is 5.00. The molecule has 4 heterocycles. The average Bonchev–Trinajstić information content (AvgIpc) is 3.27. The SMILES string of the molecule is COC(=O)[C@@]1(O)C2=Nc3c(O)cccc3[C@@]23C[C@H]2C[C@]4(C(C)=O)ON2[C@H]3C[C@H]14. The Morgan fingerprint density at radius 2 is 2.14 bits per heavy atom. The minimum atomic E-state index is -2.09. The summed E-state index contributed by atoms with van der Waals surface area (Å²) in [5.41, 5.74) is -2.66. The van der Waals surface area contributed by atoms with Crippen molar-refractivity contribution in [1.29, 1.82) is 0 Å². The van der Waals surface area contributed by atoms with Crippen LogP contribution in [-0.4, -0.2) is 63.1 Å². The third kappa shape index (κ3) is 1.42. The summed E-state index contributed by atoms with van der Waals surface area (Å²) in [6.07, 6.45) is 1.40. The molecule has 1 aliphatic carbocycles. The molecule has 4 bridgehead atoms. The van der Waals surface area contributed by atoms with E-state index in [1.165, 1.54) is 14.0 Å². The Kier molecular flexibility index (Phi) is 2.76. The van der Waals surface area contributed by atoms with E-state index in [-0.39, 0.29) is 29.3 Å². The minimum Gasteiger partial charge on any atom is -0.506 e. The molecule has 0 aromatic heterocycles. The van der Waals surface area contributed by atoms with Gasteiger partial charge in [-0.3, -0.25) is 9.63 Å². The van der Waals surface area contributed by atoms with Crippen LogP contribution >= 0.6 is 0 Å². The highest BCUT2D eigenvalue weighted by molar-refractivity contribution is 6.20. The van der Waals surface area contributed by atoms with Crippen LogP contribution in [0.15, 0.2) is 23.2 Å². The van der Waals surface area contributed by atoms with E-state index in [0.29, 0.717) is 24.9 Å². The van der Waals surface area contributed by atoms with Crippen LogP contribution in [0.25, 0.3) is 0 Å². The Balaban J connectivity index is 1.69. The van der Waals surface area contributed by atoms with Gasteiger partial charge in [-0.05, 0) is 31.4 Å². The van der Waals surface area contributed by atoms with Crippen LogP contribution in [0.3, 0.4) is 0 Å². The number of phenols is 1. The molecule has 1 saturated carbocycles. The van der Waals surface area contributed by atoms with Crippen molar-refractivity contribution in [1.82, 2.24) is 5.06 Å². The number of hydrogen-bond acceptors (Lipinski definition) is 8. The number of para-hydroxylation sites is 1. The number of fused-ring (bicyclic) bond motifs is 4. The van der Waals surface area contributed by atoms with E-state index in [1.807, 2.05) is 11.1 Å². The number of rotatable bonds is 2. The fourth-order valence-corrected chi connectivity index (χ4v) is 6.71. The number of carbonyl (C=O) groups excluding carboxylic acids is 2. The van der Waals surface area contributed by atoms with Gasteiger partial charge in [-0.15, -0.1) is 0 Å². The number of ether oxygens (including phenoxy) is 1. The number of aromatic hydroxyl groups is 1. The van der Waals surface area contributed by atoms with Crippen molar-refractivity contribution >= 4 is 23.2 Å². The molecule has 28 heavy (non-hydrogen) atoms. The predicted octanol–water partition coefficient (Wildman–Crippen LogP) is 0.760. The number of carbonyl (C=O) groups is 2. The monoisotopic (exact) mass is 384 g/mol. The van der Waals surface area contributed by atoms with Gasteiger partial charge in [0.25, 0.3) is 0 Å². The third-order valence-electron chi connectivity index (χ3n) is 7.72. The second kappa shape index (κ2) is 4.64. The third-order valence-corrected chi connectivity index (χ3v) is 7.72. The Labute approximate surface area is 160 Å². The van der Waals surface area contributed by atoms with Crippen molar-refractivity contribution < 1.29 is 29.4 Å². The smallest absolute Gasteiger partial charge is 0.344 e. The second-order valence-electron chi connectivity index (χ2n) is 8.63. The highest BCUT2D eigenvalue weighted by atomic mass is 16.7. The van der Waals surface area contributed by atoms with E-state index in [1.54, 1.807) is 12.1 Å². The van der Waals surface area contributed by atoms with Gasteiger partial charge in [0.05, 0.1) is 24.3 Å². The van der Waals surface area contributed by atoms with Crippen LogP contribution in [0, 0.1) is 5.92 Å². The van der Waals surface area contributed by atoms with Gasteiger partial charge in [0.1, 0.15) is 11.4 Å². The zero-order valence-corrected chi connectivity index (χ0v) is 15.5. The standard InChI is InChI=1S/C20H20N2O6/c1-9(23)19-8-10-7-18-11-4-3-5-12(24)15(11)21-16(18)20(26,17(25)27-2)13(19)6-14(18)22(10)28-19/h3-5,10,13-14,24,26H,6-8H2,1-2H3/t10-,13-,14-,18+,19+,20-/m0/s1. The summed E-state index contributed by atoms with van der Waals surface area (Å²) in [5.74, 6) is -1.84. The minimum absolute atomic E-state index is 0.00327. The van der Waals surface area contributed by atoms with E-state index in [0.717, 1.165) is 5.56 Å². The molecule has 6 rings (SSSR count). The van der Waals surface area contributed by atoms with Gasteiger partial charge in [0.15, 0.2) is 11.4 Å². The predicted molar refractivity (Wildman–Crippen MR) is 95.1 cm³/mol. The quantitative estimate of drug-likeness (QED) is 0.725. The van der Waals surface area contributed by atoms with Crippen molar-refractivity contribution in [3.63, 3.8) is 0 Å². The molecule has 2 N–H and O–H groups in total. The number of aliphatic hydroxyl groups is 1. The molecule has 146 valence electrons.